The molecule has 3 aromatic heterocycles. The minimum Gasteiger partial charge on any atom is -0.870 e. The number of hydrogen-bond acceptors (Lipinski definition) is 10. The quantitative estimate of drug-likeness (QED) is 0.251. The summed E-state index contributed by atoms with van der Waals surface area (Å²) in [6.07, 6.45) is -0.837. The van der Waals surface area contributed by atoms with E-state index in [-0.39, 0.29) is 102 Å². The number of halogens is 4. The smallest absolute Gasteiger partial charge is 0.870 e. The van der Waals surface area contributed by atoms with Crippen molar-refractivity contribution in [1.29, 1.82) is 0 Å². The van der Waals surface area contributed by atoms with Crippen LogP contribution in [0, 0.1) is 6.92 Å². The molecule has 1 fully saturated rings. The molecule has 6 rings (SSSR count). The molecule has 1 saturated heterocycles. The van der Waals surface area contributed by atoms with Crippen molar-refractivity contribution in [2.24, 2.45) is 0 Å². The third-order valence-corrected chi connectivity index (χ3v) is 8.66. The Morgan fingerprint density at radius 2 is 1.88 bits per heavy atom. The van der Waals surface area contributed by atoms with Gasteiger partial charge in [0.05, 0.1) is 35.2 Å². The summed E-state index contributed by atoms with van der Waals surface area (Å²) in [6.45, 7) is 4.50. The van der Waals surface area contributed by atoms with Gasteiger partial charge in [-0.3, -0.25) is 14.4 Å². The third kappa shape index (κ3) is 7.37. The maximum Gasteiger partial charge on any atom is 1.00 e. The molecule has 2 aliphatic rings. The number of aryl methyl sites for hydroxylation is 1. The zero-order valence-corrected chi connectivity index (χ0v) is 30.1. The van der Waals surface area contributed by atoms with E-state index in [4.69, 9.17) is 16.3 Å². The molecule has 50 heavy (non-hydrogen) atoms. The molecule has 5 heterocycles. The topological polar surface area (TPSA) is 163 Å². The Morgan fingerprint density at radius 1 is 1.14 bits per heavy atom. The van der Waals surface area contributed by atoms with Gasteiger partial charge in [0.1, 0.15) is 24.3 Å². The van der Waals surface area contributed by atoms with Gasteiger partial charge in [0.2, 0.25) is 11.7 Å². The second kappa shape index (κ2) is 15.1. The predicted octanol–water partition coefficient (Wildman–Crippen LogP) is -0.294. The fraction of sp³-hybridized carbons (Fsp3) is 0.387. The summed E-state index contributed by atoms with van der Waals surface area (Å²) in [7, 11) is 0. The molecule has 14 nitrogen and oxygen atoms in total. The first kappa shape index (κ1) is 37.2. The number of aromatic nitrogens is 6. The molecule has 0 unspecified atom stereocenters. The summed E-state index contributed by atoms with van der Waals surface area (Å²) >= 11 is 6.10. The number of carbonyl (C=O) groups is 2. The fourth-order valence-electron chi connectivity index (χ4n) is 5.82. The number of rotatable bonds is 7. The van der Waals surface area contributed by atoms with Crippen LogP contribution in [0.1, 0.15) is 46.6 Å². The van der Waals surface area contributed by atoms with E-state index < -0.39 is 34.9 Å². The molecule has 0 aliphatic carbocycles. The van der Waals surface area contributed by atoms with Gasteiger partial charge in [0, 0.05) is 31.9 Å². The number of nitrogens with zero attached hydrogens (tertiary/aromatic N) is 8. The van der Waals surface area contributed by atoms with Crippen LogP contribution in [-0.4, -0.2) is 85.2 Å². The van der Waals surface area contributed by atoms with Crippen molar-refractivity contribution in [3.05, 3.63) is 74.4 Å². The van der Waals surface area contributed by atoms with E-state index in [1.165, 1.54) is 11.8 Å². The number of carbonyl (C=O) groups excluding carboxylic acids is 2. The Hall–Kier alpha value is -4.03. The molecular weight excluding hydrogens is 694 g/mol. The molecule has 0 saturated carbocycles. The van der Waals surface area contributed by atoms with Crippen LogP contribution < -0.4 is 50.4 Å². The van der Waals surface area contributed by atoms with E-state index >= 15 is 0 Å². The maximum absolute atomic E-state index is 14.1. The van der Waals surface area contributed by atoms with Gasteiger partial charge in [-0.15, -0.1) is 5.10 Å². The molecule has 0 atom stereocenters. The Kier molecular flexibility index (Phi) is 11.2. The Balaban J connectivity index is 0.00000486. The van der Waals surface area contributed by atoms with Crippen LogP contribution in [0.3, 0.4) is 0 Å². The van der Waals surface area contributed by atoms with Gasteiger partial charge >= 0.3 is 35.7 Å². The largest absolute Gasteiger partial charge is 1.00 e. The molecule has 1 aromatic carbocycles. The van der Waals surface area contributed by atoms with Crippen LogP contribution >= 0.6 is 11.6 Å². The molecule has 0 spiro atoms. The number of anilines is 2. The number of piperazine rings is 1. The van der Waals surface area contributed by atoms with Crippen molar-refractivity contribution in [3.8, 4) is 5.75 Å². The summed E-state index contributed by atoms with van der Waals surface area (Å²) in [5, 5.41) is 19.3. The monoisotopic (exact) mass is 723 g/mol. The standard InChI is InChI=1S/C31H31ClF3N9O5.Na/c1-3-22-25(41-8-10-42(11-9-41)28(47)24-26(46)17(2)36-16-37-24)29(48)44-30(39-27(40-44)18-6-12-49-13-7-18)43(22)15-23(45)38-21-5-4-19(14-20(21)32)31(33,34)35;/h4-6,14,16,46H,3,7-13,15H2,1-2H3,(H,38,45);/q;+1/p-1. The van der Waals surface area contributed by atoms with E-state index in [1.807, 2.05) is 6.08 Å². The first-order valence-corrected chi connectivity index (χ1v) is 15.7. The van der Waals surface area contributed by atoms with Gasteiger partial charge in [-0.2, -0.15) is 22.7 Å². The Bertz CT molecular complexity index is 2040. The van der Waals surface area contributed by atoms with E-state index in [9.17, 15) is 32.7 Å². The Morgan fingerprint density at radius 3 is 2.52 bits per heavy atom. The molecule has 4 aromatic rings. The molecule has 1 N–H and O–H groups in total. The van der Waals surface area contributed by atoms with Gasteiger partial charge in [-0.25, -0.2) is 9.97 Å². The van der Waals surface area contributed by atoms with Crippen molar-refractivity contribution in [3.63, 3.8) is 0 Å². The molecule has 19 heteroatoms. The number of nitrogens with one attached hydrogen (secondary N) is 1. The first-order chi connectivity index (χ1) is 23.4. The van der Waals surface area contributed by atoms with Gasteiger partial charge < -0.3 is 29.5 Å². The van der Waals surface area contributed by atoms with Crippen molar-refractivity contribution < 1.29 is 62.2 Å². The van der Waals surface area contributed by atoms with Crippen LogP contribution in [0.25, 0.3) is 11.4 Å². The zero-order chi connectivity index (χ0) is 35.0. The fourth-order valence-corrected chi connectivity index (χ4v) is 6.05. The van der Waals surface area contributed by atoms with Gasteiger partial charge in [-0.05, 0) is 43.5 Å². The second-order valence-corrected chi connectivity index (χ2v) is 11.8. The molecule has 2 aliphatic heterocycles. The third-order valence-electron chi connectivity index (χ3n) is 8.35. The molecule has 258 valence electrons. The average molecular weight is 724 g/mol. The number of benzene rings is 1. The average Bonchev–Trinajstić information content (AvgIpc) is 3.54. The van der Waals surface area contributed by atoms with Crippen LogP contribution in [0.4, 0.5) is 24.5 Å². The number of fused-ring (bicyclic) bond motifs is 1. The summed E-state index contributed by atoms with van der Waals surface area (Å²) in [5.41, 5.74) is -0.0503. The van der Waals surface area contributed by atoms with Gasteiger partial charge in [-0.1, -0.05) is 30.4 Å². The van der Waals surface area contributed by atoms with Crippen molar-refractivity contribution in [2.75, 3.05) is 49.6 Å². The summed E-state index contributed by atoms with van der Waals surface area (Å²) in [6, 6.07) is 2.61. The molecular formula is C31H30ClF3N9NaO5. The maximum atomic E-state index is 14.1. The summed E-state index contributed by atoms with van der Waals surface area (Å²) in [4.78, 5) is 56.4. The van der Waals surface area contributed by atoms with Crippen LogP contribution in [0.2, 0.25) is 5.02 Å². The molecule has 2 amide bonds. The van der Waals surface area contributed by atoms with E-state index in [1.54, 1.807) is 16.4 Å². The SMILES string of the molecule is CCc1c(N2CCN(C(=O)c3ncnc(C)c3[O-])CC2)c(=O)n2nc(C3=CCOCC3)nc2n1CC(=O)Nc1ccc(C(F)(F)F)cc1Cl.[Na+]. The normalized spacial score (nSPS) is 15.1. The van der Waals surface area contributed by atoms with Crippen LogP contribution in [0.5, 0.6) is 5.75 Å². The van der Waals surface area contributed by atoms with Crippen LogP contribution in [0.15, 0.2) is 35.4 Å². The summed E-state index contributed by atoms with van der Waals surface area (Å²) < 4.78 is 47.6. The van der Waals surface area contributed by atoms with Crippen molar-refractivity contribution >= 4 is 46.1 Å². The molecule has 0 bridgehead atoms. The minimum atomic E-state index is -4.61. The first-order valence-electron chi connectivity index (χ1n) is 15.4. The zero-order valence-electron chi connectivity index (χ0n) is 27.4. The van der Waals surface area contributed by atoms with Crippen LogP contribution in [-0.2, 0) is 28.7 Å². The number of ether oxygens (including phenoxy) is 1. The molecule has 0 radical (unpaired) electrons. The Labute approximate surface area is 310 Å². The van der Waals surface area contributed by atoms with Gasteiger partial charge in [0.15, 0.2) is 5.82 Å². The van der Waals surface area contributed by atoms with E-state index in [2.05, 4.69) is 25.4 Å². The van der Waals surface area contributed by atoms with Crippen molar-refractivity contribution in [2.45, 2.75) is 39.4 Å². The van der Waals surface area contributed by atoms with E-state index in [0.29, 0.717) is 31.2 Å². The second-order valence-electron chi connectivity index (χ2n) is 11.4. The van der Waals surface area contributed by atoms with Gasteiger partial charge in [0.25, 0.3) is 11.5 Å². The van der Waals surface area contributed by atoms with Crippen molar-refractivity contribution in [1.82, 2.24) is 34.0 Å². The number of alkyl halides is 3. The predicted molar refractivity (Wildman–Crippen MR) is 169 cm³/mol. The minimum absolute atomic E-state index is 0. The van der Waals surface area contributed by atoms with E-state index in [0.717, 1.165) is 34.6 Å². The number of amides is 2. The summed E-state index contributed by atoms with van der Waals surface area (Å²) in [5.74, 6) is -1.33. The number of hydrogen-bond donors (Lipinski definition) is 1.